The maximum Gasteiger partial charge on any atom is 0.341 e. The van der Waals surface area contributed by atoms with Crippen molar-refractivity contribution in [2.45, 2.75) is 32.7 Å². The van der Waals surface area contributed by atoms with Gasteiger partial charge in [-0.2, -0.15) is 0 Å². The zero-order valence-corrected chi connectivity index (χ0v) is 14.6. The predicted molar refractivity (Wildman–Crippen MR) is 89.7 cm³/mol. The number of nitrogens with zero attached hydrogens (tertiary/aromatic N) is 3. The van der Waals surface area contributed by atoms with Gasteiger partial charge >= 0.3 is 5.97 Å². The number of likely N-dealkylation sites (tertiary alicyclic amines) is 1. The lowest BCUT2D eigenvalue weighted by Crippen LogP contribution is -2.36. The van der Waals surface area contributed by atoms with E-state index >= 15 is 0 Å². The molecule has 0 bridgehead atoms. The van der Waals surface area contributed by atoms with E-state index in [1.54, 1.807) is 6.92 Å². The van der Waals surface area contributed by atoms with Gasteiger partial charge in [-0.05, 0) is 38.3 Å². The molecule has 0 saturated carbocycles. The molecule has 3 rings (SSSR count). The molecule has 1 saturated heterocycles. The van der Waals surface area contributed by atoms with E-state index in [-0.39, 0.29) is 5.97 Å². The lowest BCUT2D eigenvalue weighted by molar-refractivity contribution is 0.0599. The van der Waals surface area contributed by atoms with Gasteiger partial charge in [-0.1, -0.05) is 0 Å². The topological polar surface area (TPSA) is 60.5 Å². The molecule has 1 fully saturated rings. The number of methoxy groups -OCH3 is 1. The van der Waals surface area contributed by atoms with E-state index in [9.17, 15) is 4.79 Å². The maximum absolute atomic E-state index is 11.7. The molecule has 0 aromatic carbocycles. The van der Waals surface area contributed by atoms with Crippen LogP contribution in [-0.4, -0.2) is 40.6 Å². The van der Waals surface area contributed by atoms with Crippen LogP contribution >= 0.6 is 0 Å². The molecule has 0 aliphatic carbocycles. The molecule has 6 heteroatoms. The van der Waals surface area contributed by atoms with E-state index in [1.165, 1.54) is 20.0 Å². The van der Waals surface area contributed by atoms with Gasteiger partial charge in [0.2, 0.25) is 0 Å². The van der Waals surface area contributed by atoms with Crippen LogP contribution in [0.4, 0.5) is 0 Å². The highest BCUT2D eigenvalue weighted by atomic mass is 16.5. The highest BCUT2D eigenvalue weighted by Gasteiger charge is 2.23. The van der Waals surface area contributed by atoms with Crippen LogP contribution in [0.2, 0.25) is 0 Å². The van der Waals surface area contributed by atoms with Gasteiger partial charge in [-0.15, -0.1) is 0 Å². The molecule has 24 heavy (non-hydrogen) atoms. The van der Waals surface area contributed by atoms with E-state index in [2.05, 4.69) is 14.5 Å². The minimum absolute atomic E-state index is 0.339. The zero-order chi connectivity index (χ0) is 17.1. The molecular weight excluding hydrogens is 306 g/mol. The smallest absolute Gasteiger partial charge is 0.341 e. The minimum Gasteiger partial charge on any atom is -0.465 e. The third kappa shape index (κ3) is 3.70. The predicted octanol–water partition coefficient (Wildman–Crippen LogP) is 2.56. The molecule has 3 heterocycles. The SMILES string of the molecule is COC(=O)c1cc(CN2CCCC(Cc3nccn3C)C2)oc1C. The monoisotopic (exact) mass is 331 g/mol. The summed E-state index contributed by atoms with van der Waals surface area (Å²) in [6, 6.07) is 1.81. The Hall–Kier alpha value is -2.08. The van der Waals surface area contributed by atoms with E-state index in [4.69, 9.17) is 9.15 Å². The number of piperidine rings is 1. The average molecular weight is 331 g/mol. The average Bonchev–Trinajstić information content (AvgIpc) is 3.13. The van der Waals surface area contributed by atoms with Gasteiger partial charge in [0.05, 0.1) is 13.7 Å². The molecule has 130 valence electrons. The molecule has 1 unspecified atom stereocenters. The second-order valence-electron chi connectivity index (χ2n) is 6.58. The summed E-state index contributed by atoms with van der Waals surface area (Å²) in [4.78, 5) is 18.5. The van der Waals surface area contributed by atoms with Gasteiger partial charge < -0.3 is 13.7 Å². The first-order valence-electron chi connectivity index (χ1n) is 8.43. The quantitative estimate of drug-likeness (QED) is 0.788. The van der Waals surface area contributed by atoms with Crippen LogP contribution in [0.15, 0.2) is 22.9 Å². The number of imidazole rings is 1. The Morgan fingerprint density at radius 3 is 3.04 bits per heavy atom. The second-order valence-corrected chi connectivity index (χ2v) is 6.58. The van der Waals surface area contributed by atoms with Crippen LogP contribution in [-0.2, 0) is 24.8 Å². The van der Waals surface area contributed by atoms with Crippen molar-refractivity contribution in [2.24, 2.45) is 13.0 Å². The lowest BCUT2D eigenvalue weighted by Gasteiger charge is -2.32. The van der Waals surface area contributed by atoms with Gasteiger partial charge in [0.25, 0.3) is 0 Å². The first-order valence-corrected chi connectivity index (χ1v) is 8.43. The van der Waals surface area contributed by atoms with E-state index in [1.807, 2.05) is 25.5 Å². The Labute approximate surface area is 142 Å². The van der Waals surface area contributed by atoms with Crippen molar-refractivity contribution in [1.29, 1.82) is 0 Å². The standard InChI is InChI=1S/C18H25N3O3/c1-13-16(18(22)23-3)10-15(24-13)12-21-7-4-5-14(11-21)9-17-19-6-8-20(17)2/h6,8,10,14H,4-5,7,9,11-12H2,1-3H3. The van der Waals surface area contributed by atoms with E-state index in [0.717, 1.165) is 37.6 Å². The number of aromatic nitrogens is 2. The van der Waals surface area contributed by atoms with Crippen molar-refractivity contribution >= 4 is 5.97 Å². The van der Waals surface area contributed by atoms with Crippen molar-refractivity contribution in [2.75, 3.05) is 20.2 Å². The van der Waals surface area contributed by atoms with Crippen molar-refractivity contribution < 1.29 is 13.9 Å². The second kappa shape index (κ2) is 7.21. The Balaban J connectivity index is 1.61. The summed E-state index contributed by atoms with van der Waals surface area (Å²) < 4.78 is 12.6. The zero-order valence-electron chi connectivity index (χ0n) is 14.6. The van der Waals surface area contributed by atoms with Gasteiger partial charge in [-0.25, -0.2) is 9.78 Å². The largest absolute Gasteiger partial charge is 0.465 e. The Bertz CT molecular complexity index is 704. The lowest BCUT2D eigenvalue weighted by atomic mass is 9.94. The summed E-state index contributed by atoms with van der Waals surface area (Å²) >= 11 is 0. The fourth-order valence-corrected chi connectivity index (χ4v) is 3.47. The molecule has 1 aliphatic heterocycles. The summed E-state index contributed by atoms with van der Waals surface area (Å²) in [7, 11) is 3.43. The Morgan fingerprint density at radius 2 is 2.33 bits per heavy atom. The number of esters is 1. The number of furan rings is 1. The van der Waals surface area contributed by atoms with Gasteiger partial charge in [0.1, 0.15) is 22.9 Å². The first kappa shape index (κ1) is 16.8. The maximum atomic E-state index is 11.7. The van der Waals surface area contributed by atoms with Crippen molar-refractivity contribution in [3.63, 3.8) is 0 Å². The van der Waals surface area contributed by atoms with Gasteiger partial charge in [0, 0.05) is 32.4 Å². The number of rotatable bonds is 5. The molecule has 6 nitrogen and oxygen atoms in total. The van der Waals surface area contributed by atoms with Crippen LogP contribution in [0.25, 0.3) is 0 Å². The molecular formula is C18H25N3O3. The minimum atomic E-state index is -0.339. The van der Waals surface area contributed by atoms with Crippen molar-refractivity contribution in [1.82, 2.24) is 14.5 Å². The fraction of sp³-hybridized carbons (Fsp3) is 0.556. The third-order valence-corrected chi connectivity index (χ3v) is 4.75. The molecule has 1 atom stereocenters. The van der Waals surface area contributed by atoms with Crippen LogP contribution in [0.5, 0.6) is 0 Å². The summed E-state index contributed by atoms with van der Waals surface area (Å²) in [5.74, 6) is 2.86. The van der Waals surface area contributed by atoms with Gasteiger partial charge in [-0.3, -0.25) is 4.90 Å². The third-order valence-electron chi connectivity index (χ3n) is 4.75. The van der Waals surface area contributed by atoms with Gasteiger partial charge in [0.15, 0.2) is 0 Å². The van der Waals surface area contributed by atoms with E-state index < -0.39 is 0 Å². The van der Waals surface area contributed by atoms with Crippen LogP contribution in [0.3, 0.4) is 0 Å². The summed E-state index contributed by atoms with van der Waals surface area (Å²) in [6.45, 7) is 4.62. The fourth-order valence-electron chi connectivity index (χ4n) is 3.47. The summed E-state index contributed by atoms with van der Waals surface area (Å²) in [5, 5.41) is 0. The highest BCUT2D eigenvalue weighted by Crippen LogP contribution is 2.23. The number of aryl methyl sites for hydroxylation is 2. The van der Waals surface area contributed by atoms with E-state index in [0.29, 0.717) is 17.2 Å². The molecule has 0 spiro atoms. The van der Waals surface area contributed by atoms with Crippen molar-refractivity contribution in [3.8, 4) is 0 Å². The Morgan fingerprint density at radius 1 is 1.50 bits per heavy atom. The number of carbonyl (C=O) groups excluding carboxylic acids is 1. The number of hydrogen-bond donors (Lipinski definition) is 0. The summed E-state index contributed by atoms with van der Waals surface area (Å²) in [5.41, 5.74) is 0.522. The number of carbonyl (C=O) groups is 1. The van der Waals surface area contributed by atoms with Crippen LogP contribution in [0.1, 0.15) is 40.5 Å². The highest BCUT2D eigenvalue weighted by molar-refractivity contribution is 5.90. The van der Waals surface area contributed by atoms with Crippen molar-refractivity contribution in [3.05, 3.63) is 41.4 Å². The normalized spacial score (nSPS) is 18.7. The molecule has 0 N–H and O–H groups in total. The number of hydrogen-bond acceptors (Lipinski definition) is 5. The molecule has 0 radical (unpaired) electrons. The van der Waals surface area contributed by atoms with Crippen LogP contribution in [0, 0.1) is 12.8 Å². The summed E-state index contributed by atoms with van der Waals surface area (Å²) in [6.07, 6.45) is 7.27. The van der Waals surface area contributed by atoms with Crippen LogP contribution < -0.4 is 0 Å². The molecule has 1 aliphatic rings. The number of ether oxygens (including phenoxy) is 1. The molecule has 2 aromatic heterocycles. The first-order chi connectivity index (χ1) is 11.6. The Kier molecular flexibility index (Phi) is 5.04. The molecule has 2 aromatic rings. The molecule has 0 amide bonds.